The molecule has 0 saturated carbocycles. The normalized spacial score (nSPS) is 15.4. The van der Waals surface area contributed by atoms with Crippen molar-refractivity contribution in [2.75, 3.05) is 40.5 Å². The van der Waals surface area contributed by atoms with E-state index in [0.29, 0.717) is 37.9 Å². The quantitative estimate of drug-likeness (QED) is 0.0451. The number of hydrogen-bond acceptors (Lipinski definition) is 7. The molecular weight excluding hydrogens is 699 g/mol. The van der Waals surface area contributed by atoms with Gasteiger partial charge in [-0.15, -0.1) is 0 Å². The molecule has 7 nitrogen and oxygen atoms in total. The molecule has 0 spiro atoms. The number of nitrogens with zero attached hydrogens (tertiary/aromatic N) is 1. The Kier molecular flexibility index (Phi) is 34.8. The van der Waals surface area contributed by atoms with Crippen LogP contribution < -0.4 is 0 Å². The molecule has 0 aliphatic carbocycles. The van der Waals surface area contributed by atoms with Crippen LogP contribution in [0.4, 0.5) is 0 Å². The van der Waals surface area contributed by atoms with Crippen LogP contribution >= 0.6 is 0 Å². The van der Waals surface area contributed by atoms with E-state index in [1.165, 1.54) is 128 Å². The Labute approximate surface area is 348 Å². The van der Waals surface area contributed by atoms with Crippen molar-refractivity contribution in [2.45, 2.75) is 251 Å². The van der Waals surface area contributed by atoms with Gasteiger partial charge in [0.15, 0.2) is 5.79 Å². The molecule has 0 aromatic heterocycles. The first-order valence-electron chi connectivity index (χ1n) is 24.5. The summed E-state index contributed by atoms with van der Waals surface area (Å²) < 4.78 is 24.4. The minimum absolute atomic E-state index is 0.00587. The highest BCUT2D eigenvalue weighted by Crippen LogP contribution is 2.36. The monoisotopic (exact) mass is 794 g/mol. The molecular formula is C49H95NO6. The van der Waals surface area contributed by atoms with E-state index in [0.717, 1.165) is 83.8 Å². The van der Waals surface area contributed by atoms with Gasteiger partial charge in [-0.1, -0.05) is 169 Å². The Balaban J connectivity index is 2.21. The van der Waals surface area contributed by atoms with Crippen molar-refractivity contribution in [3.8, 4) is 0 Å². The van der Waals surface area contributed by atoms with Crippen LogP contribution in [-0.4, -0.2) is 69.2 Å². The largest absolute Gasteiger partial charge is 0.466 e. The number of carbonyl (C=O) groups is 2. The highest BCUT2D eigenvalue weighted by molar-refractivity contribution is 5.69. The van der Waals surface area contributed by atoms with E-state index in [2.05, 4.69) is 46.7 Å². The lowest BCUT2D eigenvalue weighted by atomic mass is 9.93. The SMILES string of the molecule is CCCCC(CCCC)CCOC(=O)CCCCCCCCCC1(CCCCCCCCCC(=O)OCCC(CCCC)CCCC)OCC(CCN(C)C)O1. The molecule has 7 heteroatoms. The summed E-state index contributed by atoms with van der Waals surface area (Å²) in [4.78, 5) is 26.8. The third-order valence-electron chi connectivity index (χ3n) is 12.1. The topological polar surface area (TPSA) is 74.3 Å². The Morgan fingerprint density at radius 2 is 0.929 bits per heavy atom. The Morgan fingerprint density at radius 1 is 0.554 bits per heavy atom. The maximum atomic E-state index is 12.3. The van der Waals surface area contributed by atoms with Crippen molar-refractivity contribution < 1.29 is 28.5 Å². The molecule has 1 aliphatic rings. The van der Waals surface area contributed by atoms with Crippen LogP contribution in [0.25, 0.3) is 0 Å². The average Bonchev–Trinajstić information content (AvgIpc) is 3.60. The van der Waals surface area contributed by atoms with E-state index in [1.807, 2.05) is 0 Å². The Hall–Kier alpha value is -1.18. The van der Waals surface area contributed by atoms with Crippen molar-refractivity contribution in [3.63, 3.8) is 0 Å². The van der Waals surface area contributed by atoms with Gasteiger partial charge in [-0.2, -0.15) is 0 Å². The van der Waals surface area contributed by atoms with Gasteiger partial charge in [0.2, 0.25) is 0 Å². The molecule has 1 unspecified atom stereocenters. The fourth-order valence-corrected chi connectivity index (χ4v) is 8.30. The van der Waals surface area contributed by atoms with Crippen LogP contribution in [0.2, 0.25) is 0 Å². The molecule has 56 heavy (non-hydrogen) atoms. The van der Waals surface area contributed by atoms with Gasteiger partial charge in [0.1, 0.15) is 0 Å². The smallest absolute Gasteiger partial charge is 0.305 e. The Bertz CT molecular complexity index is 824. The van der Waals surface area contributed by atoms with Crippen molar-refractivity contribution in [1.82, 2.24) is 4.90 Å². The van der Waals surface area contributed by atoms with Gasteiger partial charge in [-0.05, 0) is 70.9 Å². The average molecular weight is 794 g/mol. The number of esters is 2. The van der Waals surface area contributed by atoms with Gasteiger partial charge >= 0.3 is 11.9 Å². The number of hydrogen-bond donors (Lipinski definition) is 0. The molecule has 332 valence electrons. The van der Waals surface area contributed by atoms with Gasteiger partial charge < -0.3 is 23.8 Å². The summed E-state index contributed by atoms with van der Waals surface area (Å²) >= 11 is 0. The first kappa shape index (κ1) is 52.8. The minimum atomic E-state index is -0.407. The number of carbonyl (C=O) groups excluding carboxylic acids is 2. The second kappa shape index (κ2) is 36.9. The van der Waals surface area contributed by atoms with Crippen LogP contribution in [0, 0.1) is 11.8 Å². The predicted molar refractivity (Wildman–Crippen MR) is 236 cm³/mol. The maximum Gasteiger partial charge on any atom is 0.305 e. The third kappa shape index (κ3) is 29.9. The highest BCUT2D eigenvalue weighted by Gasteiger charge is 2.40. The fraction of sp³-hybridized carbons (Fsp3) is 0.959. The summed E-state index contributed by atoms with van der Waals surface area (Å²) in [5.74, 6) is 1.01. The summed E-state index contributed by atoms with van der Waals surface area (Å²) in [5.41, 5.74) is 0. The van der Waals surface area contributed by atoms with Gasteiger partial charge in [-0.3, -0.25) is 9.59 Å². The molecule has 0 amide bonds. The van der Waals surface area contributed by atoms with E-state index >= 15 is 0 Å². The fourth-order valence-electron chi connectivity index (χ4n) is 8.30. The van der Waals surface area contributed by atoms with Crippen LogP contribution in [0.15, 0.2) is 0 Å². The molecule has 1 heterocycles. The summed E-state index contributed by atoms with van der Waals surface area (Å²) in [6.07, 6.45) is 37.7. The molecule has 1 rings (SSSR count). The van der Waals surface area contributed by atoms with Gasteiger partial charge in [0.25, 0.3) is 0 Å². The summed E-state index contributed by atoms with van der Waals surface area (Å²) in [7, 11) is 4.25. The molecule has 0 aromatic carbocycles. The lowest BCUT2D eigenvalue weighted by molar-refractivity contribution is -0.180. The van der Waals surface area contributed by atoms with E-state index in [9.17, 15) is 9.59 Å². The van der Waals surface area contributed by atoms with Crippen molar-refractivity contribution >= 4 is 11.9 Å². The van der Waals surface area contributed by atoms with E-state index < -0.39 is 5.79 Å². The molecule has 1 fully saturated rings. The summed E-state index contributed by atoms with van der Waals surface area (Å²) in [5, 5.41) is 0. The highest BCUT2D eigenvalue weighted by atomic mass is 16.7. The summed E-state index contributed by atoms with van der Waals surface area (Å²) in [6.45, 7) is 12.0. The number of ether oxygens (including phenoxy) is 4. The van der Waals surface area contributed by atoms with Gasteiger partial charge in [-0.25, -0.2) is 0 Å². The molecule has 1 saturated heterocycles. The van der Waals surface area contributed by atoms with Crippen molar-refractivity contribution in [2.24, 2.45) is 11.8 Å². The lowest BCUT2D eigenvalue weighted by Crippen LogP contribution is -2.31. The second-order valence-corrected chi connectivity index (χ2v) is 17.8. The zero-order chi connectivity index (χ0) is 41.0. The van der Waals surface area contributed by atoms with Crippen molar-refractivity contribution in [3.05, 3.63) is 0 Å². The van der Waals surface area contributed by atoms with Crippen molar-refractivity contribution in [1.29, 1.82) is 0 Å². The zero-order valence-corrected chi connectivity index (χ0v) is 38.3. The third-order valence-corrected chi connectivity index (χ3v) is 12.1. The Morgan fingerprint density at radius 3 is 1.30 bits per heavy atom. The van der Waals surface area contributed by atoms with E-state index in [4.69, 9.17) is 18.9 Å². The van der Waals surface area contributed by atoms with Crippen LogP contribution in [-0.2, 0) is 28.5 Å². The van der Waals surface area contributed by atoms with Gasteiger partial charge in [0, 0.05) is 32.2 Å². The number of rotatable bonds is 41. The minimum Gasteiger partial charge on any atom is -0.466 e. The molecule has 0 aromatic rings. The first-order valence-corrected chi connectivity index (χ1v) is 24.5. The first-order chi connectivity index (χ1) is 27.3. The number of unbranched alkanes of at least 4 members (excludes halogenated alkanes) is 16. The van der Waals surface area contributed by atoms with E-state index in [1.54, 1.807) is 0 Å². The molecule has 0 radical (unpaired) electrons. The summed E-state index contributed by atoms with van der Waals surface area (Å²) in [6, 6.07) is 0. The standard InChI is InChI=1S/C49H95NO6/c1-7-11-29-44(30-12-8-2)36-41-53-47(51)33-25-21-17-15-19-23-27-38-49(55-43-46(56-49)35-40-50(5)6)39-28-24-20-16-18-22-26-34-48(52)54-42-37-45(31-13-9-3)32-14-10-4/h44-46H,7-43H2,1-6H3. The zero-order valence-electron chi connectivity index (χ0n) is 38.3. The molecule has 0 bridgehead atoms. The molecule has 1 atom stereocenters. The van der Waals surface area contributed by atoms with Gasteiger partial charge in [0.05, 0.1) is 25.9 Å². The maximum absolute atomic E-state index is 12.3. The van der Waals surface area contributed by atoms with E-state index in [-0.39, 0.29) is 18.0 Å². The van der Waals surface area contributed by atoms with Crippen LogP contribution in [0.5, 0.6) is 0 Å². The van der Waals surface area contributed by atoms with Crippen LogP contribution in [0.3, 0.4) is 0 Å². The molecule has 1 aliphatic heterocycles. The van der Waals surface area contributed by atoms with Crippen LogP contribution in [0.1, 0.15) is 240 Å². The lowest BCUT2D eigenvalue weighted by Gasteiger charge is -2.29. The predicted octanol–water partition coefficient (Wildman–Crippen LogP) is 13.9. The second-order valence-electron chi connectivity index (χ2n) is 17.8. The molecule has 0 N–H and O–H groups in total.